The number of H-pyrrole nitrogens is 1. The maximum atomic E-state index is 11.0. The lowest BCUT2D eigenvalue weighted by Gasteiger charge is -1.98. The number of nitrogens with one attached hydrogen (secondary N) is 1. The summed E-state index contributed by atoms with van der Waals surface area (Å²) in [6, 6.07) is 0. The summed E-state index contributed by atoms with van der Waals surface area (Å²) >= 11 is 0. The van der Waals surface area contributed by atoms with Crippen molar-refractivity contribution in [1.82, 2.24) is 9.97 Å². The van der Waals surface area contributed by atoms with Gasteiger partial charge >= 0.3 is 0 Å². The molecule has 0 radical (unpaired) electrons. The first-order valence-corrected chi connectivity index (χ1v) is 3.09. The Morgan fingerprint density at radius 2 is 1.91 bits per heavy atom. The highest BCUT2D eigenvalue weighted by atomic mass is 16.1. The smallest absolute Gasteiger partial charge is 0.206 e. The molecule has 54 valence electrons. The molecule has 2 rings (SSSR count). The van der Waals surface area contributed by atoms with Gasteiger partial charge in [0.1, 0.15) is 11.4 Å². The zero-order valence-electron chi connectivity index (χ0n) is 5.50. The predicted octanol–water partition coefficient (Wildman–Crippen LogP) is 0.345. The molecule has 1 N–H and O–H groups in total. The minimum absolute atomic E-state index is 0.197. The number of nitrogens with zero attached hydrogens (tertiary/aromatic N) is 1. The van der Waals surface area contributed by atoms with Gasteiger partial charge in [0.2, 0.25) is 11.6 Å². The Hall–Kier alpha value is -1.71. The molecule has 1 aliphatic carbocycles. The summed E-state index contributed by atoms with van der Waals surface area (Å²) in [6.07, 6.45) is 3.81. The third-order valence-corrected chi connectivity index (χ3v) is 1.51. The van der Waals surface area contributed by atoms with Gasteiger partial charge in [-0.3, -0.25) is 9.59 Å². The van der Waals surface area contributed by atoms with Crippen molar-refractivity contribution in [1.29, 1.82) is 0 Å². The molecule has 0 atom stereocenters. The topological polar surface area (TPSA) is 62.8 Å². The van der Waals surface area contributed by atoms with E-state index in [0.29, 0.717) is 0 Å². The molecule has 1 aromatic rings. The number of carbonyl (C=O) groups excluding carboxylic acids is 2. The molecule has 0 unspecified atom stereocenters. The minimum Gasteiger partial charge on any atom is -0.341 e. The number of hydrogen-bond acceptors (Lipinski definition) is 3. The fraction of sp³-hybridized carbons (Fsp3) is 0. The van der Waals surface area contributed by atoms with Crippen molar-refractivity contribution in [3.05, 3.63) is 29.9 Å². The second-order valence-electron chi connectivity index (χ2n) is 2.19. The summed E-state index contributed by atoms with van der Waals surface area (Å²) in [6.45, 7) is 0. The molecule has 11 heavy (non-hydrogen) atoms. The van der Waals surface area contributed by atoms with Crippen molar-refractivity contribution in [3.63, 3.8) is 0 Å². The molecule has 0 aromatic carbocycles. The number of hydrogen-bond donors (Lipinski definition) is 1. The Bertz CT molecular complexity index is 330. The Labute approximate surface area is 61.9 Å². The van der Waals surface area contributed by atoms with Crippen molar-refractivity contribution in [3.8, 4) is 0 Å². The van der Waals surface area contributed by atoms with Crippen molar-refractivity contribution < 1.29 is 9.59 Å². The zero-order chi connectivity index (χ0) is 7.84. The van der Waals surface area contributed by atoms with Crippen LogP contribution in [0.4, 0.5) is 0 Å². The third kappa shape index (κ3) is 0.724. The van der Waals surface area contributed by atoms with Crippen LogP contribution in [0.15, 0.2) is 18.5 Å². The number of ketones is 2. The van der Waals surface area contributed by atoms with Gasteiger partial charge in [0.15, 0.2) is 0 Å². The largest absolute Gasteiger partial charge is 0.341 e. The molecule has 1 aliphatic rings. The van der Waals surface area contributed by atoms with E-state index in [1.54, 1.807) is 0 Å². The molecule has 1 aromatic heterocycles. The summed E-state index contributed by atoms with van der Waals surface area (Å²) < 4.78 is 0. The molecule has 4 heteroatoms. The fourth-order valence-corrected chi connectivity index (χ4v) is 0.983. The summed E-state index contributed by atoms with van der Waals surface area (Å²) in [7, 11) is 0. The quantitative estimate of drug-likeness (QED) is 0.577. The Kier molecular flexibility index (Phi) is 1.03. The molecular weight excluding hydrogens is 144 g/mol. The van der Waals surface area contributed by atoms with Gasteiger partial charge in [-0.05, 0) is 12.2 Å². The normalized spacial score (nSPS) is 15.3. The molecule has 0 saturated carbocycles. The number of fused-ring (bicyclic) bond motifs is 1. The molecule has 0 aliphatic heterocycles. The lowest BCUT2D eigenvalue weighted by Crippen LogP contribution is -2.10. The number of allylic oxidation sites excluding steroid dienone is 2. The lowest BCUT2D eigenvalue weighted by molar-refractivity contribution is 0.0989. The van der Waals surface area contributed by atoms with Crippen LogP contribution in [-0.2, 0) is 0 Å². The number of aromatic nitrogens is 2. The number of carbonyl (C=O) groups is 2. The Balaban J connectivity index is 2.68. The van der Waals surface area contributed by atoms with E-state index in [9.17, 15) is 9.59 Å². The van der Waals surface area contributed by atoms with Gasteiger partial charge in [-0.2, -0.15) is 0 Å². The van der Waals surface area contributed by atoms with E-state index in [-0.39, 0.29) is 23.0 Å². The first-order valence-electron chi connectivity index (χ1n) is 3.09. The van der Waals surface area contributed by atoms with Crippen LogP contribution in [0.2, 0.25) is 0 Å². The van der Waals surface area contributed by atoms with Crippen molar-refractivity contribution >= 4 is 11.6 Å². The summed E-state index contributed by atoms with van der Waals surface area (Å²) in [4.78, 5) is 28.3. The van der Waals surface area contributed by atoms with Crippen LogP contribution in [-0.4, -0.2) is 21.5 Å². The van der Waals surface area contributed by atoms with Gasteiger partial charge in [0, 0.05) is 0 Å². The van der Waals surface area contributed by atoms with Crippen LogP contribution in [0.5, 0.6) is 0 Å². The van der Waals surface area contributed by atoms with E-state index in [4.69, 9.17) is 0 Å². The minimum atomic E-state index is -0.221. The predicted molar refractivity (Wildman–Crippen MR) is 36.4 cm³/mol. The second kappa shape index (κ2) is 1.88. The van der Waals surface area contributed by atoms with Crippen LogP contribution >= 0.6 is 0 Å². The average molecular weight is 148 g/mol. The van der Waals surface area contributed by atoms with E-state index < -0.39 is 0 Å². The van der Waals surface area contributed by atoms with Crippen LogP contribution in [0.1, 0.15) is 21.0 Å². The first kappa shape index (κ1) is 6.03. The maximum Gasteiger partial charge on any atom is 0.206 e. The summed E-state index contributed by atoms with van der Waals surface area (Å²) in [5.41, 5.74) is 0.509. The van der Waals surface area contributed by atoms with Gasteiger partial charge < -0.3 is 4.98 Å². The lowest BCUT2D eigenvalue weighted by atomic mass is 10.1. The molecular formula is C7H4N2O2. The SMILES string of the molecule is O=C1C=CC(=O)c2[nH]cnc21. The van der Waals surface area contributed by atoms with E-state index in [2.05, 4.69) is 9.97 Å². The van der Waals surface area contributed by atoms with Crippen molar-refractivity contribution in [2.24, 2.45) is 0 Å². The van der Waals surface area contributed by atoms with E-state index in [0.717, 1.165) is 0 Å². The fourth-order valence-electron chi connectivity index (χ4n) is 0.983. The van der Waals surface area contributed by atoms with Crippen molar-refractivity contribution in [2.75, 3.05) is 0 Å². The molecule has 0 amide bonds. The number of rotatable bonds is 0. The van der Waals surface area contributed by atoms with Crippen molar-refractivity contribution in [2.45, 2.75) is 0 Å². The van der Waals surface area contributed by atoms with Crippen LogP contribution in [0.3, 0.4) is 0 Å². The monoisotopic (exact) mass is 148 g/mol. The molecule has 4 nitrogen and oxygen atoms in total. The van der Waals surface area contributed by atoms with Crippen LogP contribution in [0.25, 0.3) is 0 Å². The van der Waals surface area contributed by atoms with Gasteiger partial charge in [-0.1, -0.05) is 0 Å². The molecule has 0 fully saturated rings. The van der Waals surface area contributed by atoms with Gasteiger partial charge in [0.05, 0.1) is 6.33 Å². The first-order chi connectivity index (χ1) is 5.29. The summed E-state index contributed by atoms with van der Waals surface area (Å²) in [5.74, 6) is -0.419. The highest BCUT2D eigenvalue weighted by Gasteiger charge is 2.20. The van der Waals surface area contributed by atoms with E-state index in [1.165, 1.54) is 18.5 Å². The van der Waals surface area contributed by atoms with E-state index >= 15 is 0 Å². The standard InChI is InChI=1S/C7H4N2O2/c10-4-1-2-5(11)7-6(4)8-3-9-7/h1-3H,(H,8,9). The van der Waals surface area contributed by atoms with Crippen LogP contribution in [0, 0.1) is 0 Å². The highest BCUT2D eigenvalue weighted by Crippen LogP contribution is 2.10. The summed E-state index contributed by atoms with van der Waals surface area (Å²) in [5, 5.41) is 0. The van der Waals surface area contributed by atoms with Gasteiger partial charge in [-0.15, -0.1) is 0 Å². The average Bonchev–Trinajstić information content (AvgIpc) is 2.45. The second-order valence-corrected chi connectivity index (χ2v) is 2.19. The molecule has 0 spiro atoms. The van der Waals surface area contributed by atoms with E-state index in [1.807, 2.05) is 0 Å². The number of imidazole rings is 1. The number of aromatic amines is 1. The third-order valence-electron chi connectivity index (χ3n) is 1.51. The zero-order valence-corrected chi connectivity index (χ0v) is 5.50. The Morgan fingerprint density at radius 1 is 1.18 bits per heavy atom. The van der Waals surface area contributed by atoms with Gasteiger partial charge in [-0.25, -0.2) is 4.98 Å². The Morgan fingerprint density at radius 3 is 2.64 bits per heavy atom. The van der Waals surface area contributed by atoms with Gasteiger partial charge in [0.25, 0.3) is 0 Å². The maximum absolute atomic E-state index is 11.0. The van der Waals surface area contributed by atoms with Crippen LogP contribution < -0.4 is 0 Å². The highest BCUT2D eigenvalue weighted by molar-refractivity contribution is 6.20. The molecule has 1 heterocycles. The molecule has 0 saturated heterocycles. The molecule has 0 bridgehead atoms.